The molecule has 0 amide bonds. The van der Waals surface area contributed by atoms with Crippen molar-refractivity contribution >= 4 is 28.5 Å². The van der Waals surface area contributed by atoms with Crippen molar-refractivity contribution in [2.24, 2.45) is 10.8 Å². The number of rotatable bonds is 5. The quantitative estimate of drug-likeness (QED) is 0.439. The standard InChI is InChI=1S/C26H28N6OS/c1-23(2,33)25-10-18(11-25)31(15-25)20-9-21(30-22(29-20)34-3)32-19-8-17(5-4-16(19)12-28-32)26(14-27)13-24(26)6-7-24/h4-5,8-9,12,18,33H,6-7,10-11,13,15H2,1-3H3/t18?,25?,26-/m1/s1. The van der Waals surface area contributed by atoms with E-state index in [9.17, 15) is 10.4 Å². The molecule has 5 fully saturated rings. The maximum absolute atomic E-state index is 10.8. The minimum atomic E-state index is -0.705. The van der Waals surface area contributed by atoms with Gasteiger partial charge in [-0.3, -0.25) is 0 Å². The van der Waals surface area contributed by atoms with Gasteiger partial charge in [-0.15, -0.1) is 0 Å². The smallest absolute Gasteiger partial charge is 0.191 e. The summed E-state index contributed by atoms with van der Waals surface area (Å²) < 4.78 is 1.89. The van der Waals surface area contributed by atoms with E-state index in [1.807, 2.05) is 37.0 Å². The van der Waals surface area contributed by atoms with Crippen molar-refractivity contribution in [1.29, 1.82) is 5.26 Å². The van der Waals surface area contributed by atoms with Crippen molar-refractivity contribution in [3.8, 4) is 11.9 Å². The van der Waals surface area contributed by atoms with Crippen molar-refractivity contribution in [1.82, 2.24) is 19.7 Å². The summed E-state index contributed by atoms with van der Waals surface area (Å²) in [5.41, 5.74) is 1.20. The second-order valence-electron chi connectivity index (χ2n) is 11.4. The fourth-order valence-corrected chi connectivity index (χ4v) is 7.04. The number of aliphatic hydroxyl groups is 1. The Morgan fingerprint density at radius 3 is 2.56 bits per heavy atom. The number of aromatic nitrogens is 4. The third-order valence-electron chi connectivity index (χ3n) is 9.33. The first kappa shape index (κ1) is 20.7. The molecular formula is C26H28N6OS. The van der Waals surface area contributed by atoms with E-state index in [2.05, 4.69) is 34.3 Å². The largest absolute Gasteiger partial charge is 0.390 e. The molecule has 2 saturated heterocycles. The molecule has 4 heterocycles. The van der Waals surface area contributed by atoms with Crippen LogP contribution in [0.5, 0.6) is 0 Å². The van der Waals surface area contributed by atoms with E-state index in [0.29, 0.717) is 11.2 Å². The fourth-order valence-electron chi connectivity index (χ4n) is 6.67. The van der Waals surface area contributed by atoms with Gasteiger partial charge in [0.05, 0.1) is 28.8 Å². The average Bonchev–Trinajstić information content (AvgIpc) is 3.49. The summed E-state index contributed by atoms with van der Waals surface area (Å²) in [7, 11) is 0. The first-order valence-electron chi connectivity index (χ1n) is 12.1. The molecule has 2 aliphatic heterocycles. The summed E-state index contributed by atoms with van der Waals surface area (Å²) in [6.45, 7) is 4.67. The number of fused-ring (bicyclic) bond motifs is 2. The van der Waals surface area contributed by atoms with Crippen LogP contribution in [-0.4, -0.2) is 49.3 Å². The SMILES string of the molecule is CSc1nc(N2CC3(C(C)(C)O)CC2C3)cc(-n2ncc3ccc([C@]4(C#N)CC45CC5)cc32)n1. The number of thioether (sulfide) groups is 1. The molecule has 0 radical (unpaired) electrons. The Kier molecular flexibility index (Phi) is 3.85. The highest BCUT2D eigenvalue weighted by Crippen LogP contribution is 2.78. The molecule has 7 nitrogen and oxygen atoms in total. The summed E-state index contributed by atoms with van der Waals surface area (Å²) >= 11 is 1.52. The molecule has 3 aliphatic carbocycles. The average molecular weight is 473 g/mol. The molecule has 34 heavy (non-hydrogen) atoms. The van der Waals surface area contributed by atoms with Gasteiger partial charge in [-0.2, -0.15) is 10.4 Å². The lowest BCUT2D eigenvalue weighted by Gasteiger charge is -2.45. The normalized spacial score (nSPS) is 30.4. The Morgan fingerprint density at radius 2 is 1.94 bits per heavy atom. The topological polar surface area (TPSA) is 90.9 Å². The van der Waals surface area contributed by atoms with E-state index in [1.165, 1.54) is 11.8 Å². The lowest BCUT2D eigenvalue weighted by atomic mass is 9.61. The van der Waals surface area contributed by atoms with Crippen LogP contribution < -0.4 is 4.90 Å². The van der Waals surface area contributed by atoms with Gasteiger partial charge in [-0.25, -0.2) is 14.6 Å². The van der Waals surface area contributed by atoms with Crippen LogP contribution in [0.4, 0.5) is 5.82 Å². The molecule has 2 aromatic heterocycles. The van der Waals surface area contributed by atoms with Crippen LogP contribution in [0.3, 0.4) is 0 Å². The molecule has 3 aromatic rings. The Balaban J connectivity index is 1.30. The lowest BCUT2D eigenvalue weighted by molar-refractivity contribution is -0.0754. The van der Waals surface area contributed by atoms with Crippen LogP contribution in [0, 0.1) is 22.2 Å². The summed E-state index contributed by atoms with van der Waals surface area (Å²) in [5.74, 6) is 1.64. The van der Waals surface area contributed by atoms with E-state index in [4.69, 9.17) is 9.97 Å². The molecule has 8 heteroatoms. The van der Waals surface area contributed by atoms with Crippen molar-refractivity contribution < 1.29 is 5.11 Å². The zero-order valence-corrected chi connectivity index (χ0v) is 20.6. The number of hydrogen-bond donors (Lipinski definition) is 1. The molecule has 3 saturated carbocycles. The zero-order valence-electron chi connectivity index (χ0n) is 19.7. The van der Waals surface area contributed by atoms with Crippen LogP contribution in [0.15, 0.2) is 35.6 Å². The lowest BCUT2D eigenvalue weighted by Crippen LogP contribution is -2.50. The molecule has 1 atom stereocenters. The predicted molar refractivity (Wildman–Crippen MR) is 131 cm³/mol. The molecule has 5 aliphatic rings. The van der Waals surface area contributed by atoms with Crippen LogP contribution in [0.2, 0.25) is 0 Å². The molecule has 2 bridgehead atoms. The molecule has 1 N–H and O–H groups in total. The molecular weight excluding hydrogens is 444 g/mol. The Labute approximate surface area is 203 Å². The van der Waals surface area contributed by atoms with Crippen LogP contribution in [0.1, 0.15) is 51.5 Å². The van der Waals surface area contributed by atoms with E-state index in [1.54, 1.807) is 0 Å². The van der Waals surface area contributed by atoms with Gasteiger partial charge in [0.1, 0.15) is 5.82 Å². The molecule has 0 unspecified atom stereocenters. The first-order valence-corrected chi connectivity index (χ1v) is 13.3. The predicted octanol–water partition coefficient (Wildman–Crippen LogP) is 4.22. The van der Waals surface area contributed by atoms with Gasteiger partial charge in [0, 0.05) is 29.5 Å². The maximum Gasteiger partial charge on any atom is 0.191 e. The summed E-state index contributed by atoms with van der Waals surface area (Å²) in [6.07, 6.45) is 9.15. The van der Waals surface area contributed by atoms with Crippen molar-refractivity contribution in [3.63, 3.8) is 0 Å². The zero-order chi connectivity index (χ0) is 23.5. The summed E-state index contributed by atoms with van der Waals surface area (Å²) in [4.78, 5) is 12.0. The minimum Gasteiger partial charge on any atom is -0.390 e. The fraction of sp³-hybridized carbons (Fsp3) is 0.538. The third kappa shape index (κ3) is 2.55. The van der Waals surface area contributed by atoms with Gasteiger partial charge in [0.15, 0.2) is 11.0 Å². The first-order chi connectivity index (χ1) is 16.2. The monoisotopic (exact) mass is 472 g/mol. The summed E-state index contributed by atoms with van der Waals surface area (Å²) in [6, 6.07) is 11.4. The van der Waals surface area contributed by atoms with Gasteiger partial charge in [-0.05, 0) is 69.3 Å². The maximum atomic E-state index is 10.8. The number of benzene rings is 1. The minimum absolute atomic E-state index is 0.0652. The number of nitrogens with zero attached hydrogens (tertiary/aromatic N) is 6. The van der Waals surface area contributed by atoms with Gasteiger partial charge < -0.3 is 10.0 Å². The molecule has 1 aromatic carbocycles. The van der Waals surface area contributed by atoms with Crippen LogP contribution in [0.25, 0.3) is 16.7 Å². The number of anilines is 1. The van der Waals surface area contributed by atoms with Gasteiger partial charge in [0.25, 0.3) is 0 Å². The van der Waals surface area contributed by atoms with E-state index >= 15 is 0 Å². The summed E-state index contributed by atoms with van der Waals surface area (Å²) in [5, 5.41) is 27.2. The highest BCUT2D eigenvalue weighted by Gasteiger charge is 2.75. The molecule has 174 valence electrons. The van der Waals surface area contributed by atoms with Gasteiger partial charge >= 0.3 is 0 Å². The number of hydrogen-bond acceptors (Lipinski definition) is 7. The highest BCUT2D eigenvalue weighted by molar-refractivity contribution is 7.98. The van der Waals surface area contributed by atoms with Gasteiger partial charge in [-0.1, -0.05) is 23.9 Å². The van der Waals surface area contributed by atoms with Crippen LogP contribution in [-0.2, 0) is 5.41 Å². The van der Waals surface area contributed by atoms with Crippen LogP contribution >= 0.6 is 11.8 Å². The molecule has 8 rings (SSSR count). The van der Waals surface area contributed by atoms with Gasteiger partial charge in [0.2, 0.25) is 0 Å². The highest BCUT2D eigenvalue weighted by atomic mass is 32.2. The van der Waals surface area contributed by atoms with E-state index < -0.39 is 5.60 Å². The van der Waals surface area contributed by atoms with Crippen molar-refractivity contribution in [3.05, 3.63) is 36.0 Å². The van der Waals surface area contributed by atoms with E-state index in [0.717, 1.165) is 66.8 Å². The molecule has 1 spiro atoms. The van der Waals surface area contributed by atoms with E-state index in [-0.39, 0.29) is 16.2 Å². The second-order valence-corrected chi connectivity index (χ2v) is 12.2. The Morgan fingerprint density at radius 1 is 1.18 bits per heavy atom. The van der Waals surface area contributed by atoms with Crippen molar-refractivity contribution in [2.75, 3.05) is 17.7 Å². The third-order valence-corrected chi connectivity index (χ3v) is 9.88. The second kappa shape index (κ2) is 6.32. The van der Waals surface area contributed by atoms with Crippen molar-refractivity contribution in [2.45, 2.75) is 68.2 Å². The Hall–Kier alpha value is -2.63. The Bertz CT molecular complexity index is 1390. The number of nitriles is 1.